The summed E-state index contributed by atoms with van der Waals surface area (Å²) in [6, 6.07) is 4.29. The summed E-state index contributed by atoms with van der Waals surface area (Å²) >= 11 is 1.47. The molecular formula is C16H27IN4OS. The Labute approximate surface area is 159 Å². The summed E-state index contributed by atoms with van der Waals surface area (Å²) in [6.07, 6.45) is 7.32. The van der Waals surface area contributed by atoms with E-state index >= 15 is 0 Å². The van der Waals surface area contributed by atoms with Crippen LogP contribution in [0.25, 0.3) is 0 Å². The number of guanidine groups is 1. The Hall–Kier alpha value is -0.830. The Morgan fingerprint density at radius 1 is 1.26 bits per heavy atom. The molecule has 23 heavy (non-hydrogen) atoms. The molecule has 0 saturated heterocycles. The predicted octanol–water partition coefficient (Wildman–Crippen LogP) is 2.98. The molecule has 130 valence electrons. The van der Waals surface area contributed by atoms with Crippen LogP contribution in [0.4, 0.5) is 0 Å². The van der Waals surface area contributed by atoms with E-state index in [1.165, 1.54) is 43.4 Å². The molecular weight excluding hydrogens is 423 g/mol. The van der Waals surface area contributed by atoms with Crippen molar-refractivity contribution in [3.8, 4) is 0 Å². The second-order valence-electron chi connectivity index (χ2n) is 5.57. The fraction of sp³-hybridized carbons (Fsp3) is 0.625. The molecule has 1 heterocycles. The van der Waals surface area contributed by atoms with Crippen LogP contribution >= 0.6 is 35.3 Å². The lowest BCUT2D eigenvalue weighted by molar-refractivity contribution is 0.0957. The first-order valence-corrected chi connectivity index (χ1v) is 8.96. The minimum absolute atomic E-state index is 0. The normalized spacial score (nSPS) is 15.6. The van der Waals surface area contributed by atoms with Crippen LogP contribution in [0.15, 0.2) is 22.5 Å². The summed E-state index contributed by atoms with van der Waals surface area (Å²) in [5, 5.41) is 11.6. The van der Waals surface area contributed by atoms with Gasteiger partial charge in [0, 0.05) is 26.2 Å². The van der Waals surface area contributed by atoms with E-state index in [-0.39, 0.29) is 29.9 Å². The summed E-state index contributed by atoms with van der Waals surface area (Å²) in [6.45, 7) is 1.47. The summed E-state index contributed by atoms with van der Waals surface area (Å²) in [4.78, 5) is 16.8. The number of amides is 1. The highest BCUT2D eigenvalue weighted by Crippen LogP contribution is 2.17. The fourth-order valence-electron chi connectivity index (χ4n) is 2.63. The maximum absolute atomic E-state index is 11.8. The SMILES string of the molecule is CN=C(NCCCNC(=O)c1cccs1)NC1CCCCC1.I. The van der Waals surface area contributed by atoms with E-state index < -0.39 is 0 Å². The van der Waals surface area contributed by atoms with E-state index in [2.05, 4.69) is 20.9 Å². The van der Waals surface area contributed by atoms with Crippen LogP contribution in [0.1, 0.15) is 48.2 Å². The van der Waals surface area contributed by atoms with Gasteiger partial charge in [0.15, 0.2) is 5.96 Å². The van der Waals surface area contributed by atoms with Crippen molar-refractivity contribution in [3.05, 3.63) is 22.4 Å². The minimum atomic E-state index is 0. The lowest BCUT2D eigenvalue weighted by atomic mass is 9.96. The smallest absolute Gasteiger partial charge is 0.261 e. The Morgan fingerprint density at radius 2 is 2.00 bits per heavy atom. The molecule has 1 saturated carbocycles. The number of hydrogen-bond donors (Lipinski definition) is 3. The van der Waals surface area contributed by atoms with Crippen molar-refractivity contribution < 1.29 is 4.79 Å². The van der Waals surface area contributed by atoms with Crippen LogP contribution in [0.3, 0.4) is 0 Å². The molecule has 7 heteroatoms. The molecule has 0 unspecified atom stereocenters. The molecule has 0 aromatic carbocycles. The first kappa shape index (κ1) is 20.2. The molecule has 0 aliphatic heterocycles. The average molecular weight is 450 g/mol. The Kier molecular flexibility index (Phi) is 10.3. The first-order valence-electron chi connectivity index (χ1n) is 8.08. The van der Waals surface area contributed by atoms with Gasteiger partial charge in [-0.1, -0.05) is 25.3 Å². The molecule has 0 bridgehead atoms. The zero-order chi connectivity index (χ0) is 15.6. The highest BCUT2D eigenvalue weighted by Gasteiger charge is 2.14. The number of hydrogen-bond acceptors (Lipinski definition) is 3. The van der Waals surface area contributed by atoms with Crippen LogP contribution < -0.4 is 16.0 Å². The molecule has 0 radical (unpaired) electrons. The zero-order valence-corrected chi connectivity index (χ0v) is 16.8. The summed E-state index contributed by atoms with van der Waals surface area (Å²) < 4.78 is 0. The number of rotatable bonds is 6. The number of aliphatic imine (C=N–C) groups is 1. The van der Waals surface area contributed by atoms with Crippen molar-refractivity contribution in [3.63, 3.8) is 0 Å². The lowest BCUT2D eigenvalue weighted by Crippen LogP contribution is -2.44. The van der Waals surface area contributed by atoms with Gasteiger partial charge in [-0.05, 0) is 30.7 Å². The minimum Gasteiger partial charge on any atom is -0.356 e. The van der Waals surface area contributed by atoms with Crippen LogP contribution in [0.5, 0.6) is 0 Å². The van der Waals surface area contributed by atoms with E-state index in [9.17, 15) is 4.79 Å². The Morgan fingerprint density at radius 3 is 2.65 bits per heavy atom. The summed E-state index contributed by atoms with van der Waals surface area (Å²) in [5.74, 6) is 0.885. The molecule has 1 amide bonds. The molecule has 1 aliphatic carbocycles. The highest BCUT2D eigenvalue weighted by molar-refractivity contribution is 14.0. The van der Waals surface area contributed by atoms with E-state index in [0.717, 1.165) is 23.8 Å². The van der Waals surface area contributed by atoms with Gasteiger partial charge in [0.2, 0.25) is 0 Å². The van der Waals surface area contributed by atoms with Crippen LogP contribution in [-0.4, -0.2) is 38.0 Å². The van der Waals surface area contributed by atoms with E-state index in [1.54, 1.807) is 7.05 Å². The maximum Gasteiger partial charge on any atom is 0.261 e. The standard InChI is InChI=1S/C16H26N4OS.HI/c1-17-16(20-13-7-3-2-4-8-13)19-11-6-10-18-15(21)14-9-5-12-22-14;/h5,9,12-13H,2-4,6-8,10-11H2,1H3,(H,18,21)(H2,17,19,20);1H. The third kappa shape index (κ3) is 7.52. The van der Waals surface area contributed by atoms with Gasteiger partial charge in [0.25, 0.3) is 5.91 Å². The van der Waals surface area contributed by atoms with Gasteiger partial charge in [-0.25, -0.2) is 0 Å². The number of carbonyl (C=O) groups excluding carboxylic acids is 1. The van der Waals surface area contributed by atoms with Crippen LogP contribution in [0, 0.1) is 0 Å². The van der Waals surface area contributed by atoms with Gasteiger partial charge in [-0.2, -0.15) is 0 Å². The van der Waals surface area contributed by atoms with E-state index in [0.29, 0.717) is 12.6 Å². The van der Waals surface area contributed by atoms with Crippen molar-refractivity contribution in [2.45, 2.75) is 44.6 Å². The van der Waals surface area contributed by atoms with Gasteiger partial charge in [-0.3, -0.25) is 9.79 Å². The molecule has 1 fully saturated rings. The van der Waals surface area contributed by atoms with E-state index in [4.69, 9.17) is 0 Å². The number of halogens is 1. The molecule has 3 N–H and O–H groups in total. The van der Waals surface area contributed by atoms with Crippen molar-refractivity contribution in [1.29, 1.82) is 0 Å². The van der Waals surface area contributed by atoms with Gasteiger partial charge in [-0.15, -0.1) is 35.3 Å². The van der Waals surface area contributed by atoms with Gasteiger partial charge in [0.05, 0.1) is 4.88 Å². The maximum atomic E-state index is 11.8. The summed E-state index contributed by atoms with van der Waals surface area (Å²) in [5.41, 5.74) is 0. The molecule has 1 aromatic rings. The number of nitrogens with one attached hydrogen (secondary N) is 3. The van der Waals surface area contributed by atoms with Gasteiger partial charge in [0.1, 0.15) is 0 Å². The third-order valence-corrected chi connectivity index (χ3v) is 4.71. The van der Waals surface area contributed by atoms with Crippen molar-refractivity contribution >= 4 is 47.2 Å². The lowest BCUT2D eigenvalue weighted by Gasteiger charge is -2.24. The fourth-order valence-corrected chi connectivity index (χ4v) is 3.27. The Balaban J connectivity index is 0.00000264. The second kappa shape index (κ2) is 11.7. The highest BCUT2D eigenvalue weighted by atomic mass is 127. The van der Waals surface area contributed by atoms with E-state index in [1.807, 2.05) is 17.5 Å². The Bertz CT molecular complexity index is 472. The van der Waals surface area contributed by atoms with Crippen molar-refractivity contribution in [1.82, 2.24) is 16.0 Å². The topological polar surface area (TPSA) is 65.5 Å². The third-order valence-electron chi connectivity index (χ3n) is 3.85. The average Bonchev–Trinajstić information content (AvgIpc) is 3.08. The van der Waals surface area contributed by atoms with Crippen LogP contribution in [0.2, 0.25) is 0 Å². The number of nitrogens with zero attached hydrogens (tertiary/aromatic N) is 1. The molecule has 2 rings (SSSR count). The molecule has 1 aromatic heterocycles. The zero-order valence-electron chi connectivity index (χ0n) is 13.6. The first-order chi connectivity index (χ1) is 10.8. The van der Waals surface area contributed by atoms with Crippen molar-refractivity contribution in [2.24, 2.45) is 4.99 Å². The summed E-state index contributed by atoms with van der Waals surface area (Å²) in [7, 11) is 1.80. The van der Waals surface area contributed by atoms with Gasteiger partial charge >= 0.3 is 0 Å². The monoisotopic (exact) mass is 450 g/mol. The predicted molar refractivity (Wildman–Crippen MR) is 108 cm³/mol. The largest absolute Gasteiger partial charge is 0.356 e. The number of carbonyl (C=O) groups is 1. The van der Waals surface area contributed by atoms with Crippen LogP contribution in [-0.2, 0) is 0 Å². The number of thiophene rings is 1. The second-order valence-corrected chi connectivity index (χ2v) is 6.51. The molecule has 0 atom stereocenters. The van der Waals surface area contributed by atoms with Crippen molar-refractivity contribution in [2.75, 3.05) is 20.1 Å². The molecule has 5 nitrogen and oxygen atoms in total. The molecule has 0 spiro atoms. The molecule has 1 aliphatic rings. The quantitative estimate of drug-likeness (QED) is 0.270. The van der Waals surface area contributed by atoms with Gasteiger partial charge < -0.3 is 16.0 Å².